The van der Waals surface area contributed by atoms with Crippen molar-refractivity contribution in [2.75, 3.05) is 31.6 Å². The summed E-state index contributed by atoms with van der Waals surface area (Å²) in [6.07, 6.45) is 6.34. The Balaban J connectivity index is 1.87. The van der Waals surface area contributed by atoms with Crippen molar-refractivity contribution in [3.8, 4) is 0 Å². The number of aromatic nitrogens is 2. The Labute approximate surface area is 109 Å². The van der Waals surface area contributed by atoms with Crippen LogP contribution in [0.1, 0.15) is 25.5 Å². The van der Waals surface area contributed by atoms with Gasteiger partial charge in [-0.1, -0.05) is 6.92 Å². The van der Waals surface area contributed by atoms with Crippen molar-refractivity contribution >= 4 is 5.82 Å². The van der Waals surface area contributed by atoms with Gasteiger partial charge in [0.25, 0.3) is 0 Å². The first kappa shape index (κ1) is 13.2. The number of nitrogens with zero attached hydrogens (tertiary/aromatic N) is 3. The number of likely N-dealkylation sites (N-methyl/N-ethyl adjacent to an activating group) is 1. The molecule has 1 atom stereocenters. The third kappa shape index (κ3) is 3.65. The number of nitrogens with one attached hydrogen (secondary N) is 1. The second-order valence-corrected chi connectivity index (χ2v) is 4.66. The van der Waals surface area contributed by atoms with E-state index in [4.69, 9.17) is 4.74 Å². The summed E-state index contributed by atoms with van der Waals surface area (Å²) >= 11 is 0. The zero-order valence-corrected chi connectivity index (χ0v) is 11.2. The van der Waals surface area contributed by atoms with Crippen LogP contribution < -0.4 is 10.2 Å². The van der Waals surface area contributed by atoms with Gasteiger partial charge in [0.1, 0.15) is 5.82 Å². The van der Waals surface area contributed by atoms with E-state index in [1.807, 2.05) is 19.4 Å². The molecule has 0 spiro atoms. The topological polar surface area (TPSA) is 50.3 Å². The summed E-state index contributed by atoms with van der Waals surface area (Å²) in [5.74, 6) is 0.908. The first-order valence-electron chi connectivity index (χ1n) is 6.64. The Morgan fingerprint density at radius 1 is 1.44 bits per heavy atom. The van der Waals surface area contributed by atoms with Gasteiger partial charge in [0.15, 0.2) is 0 Å². The van der Waals surface area contributed by atoms with Gasteiger partial charge in [-0.15, -0.1) is 0 Å². The van der Waals surface area contributed by atoms with E-state index in [1.54, 1.807) is 0 Å². The predicted molar refractivity (Wildman–Crippen MR) is 71.7 cm³/mol. The zero-order valence-electron chi connectivity index (χ0n) is 11.2. The molecule has 2 heterocycles. The molecule has 1 aromatic heterocycles. The van der Waals surface area contributed by atoms with Gasteiger partial charge < -0.3 is 15.0 Å². The minimum absolute atomic E-state index is 0.346. The molecule has 0 amide bonds. The lowest BCUT2D eigenvalue weighted by Gasteiger charge is -2.21. The molecule has 18 heavy (non-hydrogen) atoms. The Hall–Kier alpha value is -1.20. The minimum Gasteiger partial charge on any atom is -0.376 e. The Kier molecular flexibility index (Phi) is 4.90. The van der Waals surface area contributed by atoms with Gasteiger partial charge in [0.05, 0.1) is 24.2 Å². The molecule has 1 unspecified atom stereocenters. The largest absolute Gasteiger partial charge is 0.376 e. The lowest BCUT2D eigenvalue weighted by Crippen LogP contribution is -2.29. The lowest BCUT2D eigenvalue weighted by atomic mass is 10.2. The molecule has 2 rings (SSSR count). The summed E-state index contributed by atoms with van der Waals surface area (Å²) in [5, 5.41) is 3.24. The Morgan fingerprint density at radius 2 is 2.33 bits per heavy atom. The van der Waals surface area contributed by atoms with Crippen LogP contribution in [0.25, 0.3) is 0 Å². The van der Waals surface area contributed by atoms with Crippen LogP contribution in [0.15, 0.2) is 12.4 Å². The van der Waals surface area contributed by atoms with E-state index in [0.717, 1.165) is 44.2 Å². The third-order valence-electron chi connectivity index (χ3n) is 3.14. The van der Waals surface area contributed by atoms with Crippen LogP contribution in [-0.4, -0.2) is 42.8 Å². The van der Waals surface area contributed by atoms with Crippen molar-refractivity contribution in [2.24, 2.45) is 0 Å². The van der Waals surface area contributed by atoms with Crippen molar-refractivity contribution in [1.82, 2.24) is 15.3 Å². The molecule has 1 fully saturated rings. The van der Waals surface area contributed by atoms with Crippen LogP contribution >= 0.6 is 0 Å². The highest BCUT2D eigenvalue weighted by Crippen LogP contribution is 2.15. The molecule has 1 aliphatic rings. The van der Waals surface area contributed by atoms with E-state index in [0.29, 0.717) is 6.10 Å². The molecule has 1 aromatic rings. The molecule has 0 aromatic carbocycles. The molecular formula is C13H22N4O. The highest BCUT2D eigenvalue weighted by atomic mass is 16.5. The molecule has 0 aliphatic carbocycles. The average Bonchev–Trinajstić information content (AvgIpc) is 2.89. The SMILES string of the molecule is CCNCc1cnc(N(C)CC2CCCO2)cn1. The second kappa shape index (κ2) is 6.66. The van der Waals surface area contributed by atoms with Crippen LogP contribution in [0.5, 0.6) is 0 Å². The maximum absolute atomic E-state index is 5.62. The van der Waals surface area contributed by atoms with Crippen molar-refractivity contribution in [2.45, 2.75) is 32.4 Å². The summed E-state index contributed by atoms with van der Waals surface area (Å²) in [6.45, 7) is 5.59. The van der Waals surface area contributed by atoms with Gasteiger partial charge in [-0.2, -0.15) is 0 Å². The van der Waals surface area contributed by atoms with Crippen molar-refractivity contribution < 1.29 is 4.74 Å². The molecule has 0 saturated carbocycles. The normalized spacial score (nSPS) is 19.1. The van der Waals surface area contributed by atoms with Crippen molar-refractivity contribution in [3.63, 3.8) is 0 Å². The molecule has 1 saturated heterocycles. The van der Waals surface area contributed by atoms with Crippen molar-refractivity contribution in [1.29, 1.82) is 0 Å². The number of hydrogen-bond acceptors (Lipinski definition) is 5. The minimum atomic E-state index is 0.346. The molecule has 5 nitrogen and oxygen atoms in total. The van der Waals surface area contributed by atoms with Gasteiger partial charge in [-0.3, -0.25) is 4.98 Å². The molecule has 1 N–H and O–H groups in total. The molecule has 0 bridgehead atoms. The molecule has 100 valence electrons. The van der Waals surface area contributed by atoms with Crippen molar-refractivity contribution in [3.05, 3.63) is 18.1 Å². The first-order chi connectivity index (χ1) is 8.79. The van der Waals surface area contributed by atoms with Gasteiger partial charge in [-0.25, -0.2) is 4.98 Å². The van der Waals surface area contributed by atoms with Crippen LogP contribution in [0.4, 0.5) is 5.82 Å². The summed E-state index contributed by atoms with van der Waals surface area (Å²) < 4.78 is 5.62. The predicted octanol–water partition coefficient (Wildman–Crippen LogP) is 1.20. The van der Waals surface area contributed by atoms with E-state index in [2.05, 4.69) is 27.1 Å². The standard InChI is InChI=1S/C13H22N4O/c1-3-14-7-11-8-16-13(9-15-11)17(2)10-12-5-4-6-18-12/h8-9,12,14H,3-7,10H2,1-2H3. The third-order valence-corrected chi connectivity index (χ3v) is 3.14. The van der Waals surface area contributed by atoms with Gasteiger partial charge in [0, 0.05) is 26.7 Å². The zero-order chi connectivity index (χ0) is 12.8. The van der Waals surface area contributed by atoms with E-state index >= 15 is 0 Å². The quantitative estimate of drug-likeness (QED) is 0.822. The molecule has 5 heteroatoms. The summed E-state index contributed by atoms with van der Waals surface area (Å²) in [6, 6.07) is 0. The molecular weight excluding hydrogens is 228 g/mol. The number of anilines is 1. The fourth-order valence-corrected chi connectivity index (χ4v) is 2.08. The van der Waals surface area contributed by atoms with Crippen LogP contribution in [0.3, 0.4) is 0 Å². The summed E-state index contributed by atoms with van der Waals surface area (Å²) in [5.41, 5.74) is 0.978. The highest BCUT2D eigenvalue weighted by molar-refractivity contribution is 5.34. The average molecular weight is 250 g/mol. The molecule has 0 radical (unpaired) electrons. The number of hydrogen-bond donors (Lipinski definition) is 1. The van der Waals surface area contributed by atoms with Gasteiger partial charge in [0.2, 0.25) is 0 Å². The van der Waals surface area contributed by atoms with E-state index in [-0.39, 0.29) is 0 Å². The van der Waals surface area contributed by atoms with Crippen LogP contribution in [0, 0.1) is 0 Å². The number of ether oxygens (including phenoxy) is 1. The van der Waals surface area contributed by atoms with Crippen LogP contribution in [-0.2, 0) is 11.3 Å². The van der Waals surface area contributed by atoms with E-state index < -0.39 is 0 Å². The number of rotatable bonds is 6. The first-order valence-corrected chi connectivity index (χ1v) is 6.64. The maximum atomic E-state index is 5.62. The highest BCUT2D eigenvalue weighted by Gasteiger charge is 2.18. The van der Waals surface area contributed by atoms with E-state index in [1.165, 1.54) is 6.42 Å². The van der Waals surface area contributed by atoms with E-state index in [9.17, 15) is 0 Å². The summed E-state index contributed by atoms with van der Waals surface area (Å²) in [4.78, 5) is 11.0. The monoisotopic (exact) mass is 250 g/mol. The Morgan fingerprint density at radius 3 is 2.94 bits per heavy atom. The maximum Gasteiger partial charge on any atom is 0.146 e. The Bertz CT molecular complexity index is 349. The fourth-order valence-electron chi connectivity index (χ4n) is 2.08. The van der Waals surface area contributed by atoms with Gasteiger partial charge >= 0.3 is 0 Å². The fraction of sp³-hybridized carbons (Fsp3) is 0.692. The van der Waals surface area contributed by atoms with Gasteiger partial charge in [-0.05, 0) is 19.4 Å². The smallest absolute Gasteiger partial charge is 0.146 e. The van der Waals surface area contributed by atoms with Crippen LogP contribution in [0.2, 0.25) is 0 Å². The second-order valence-electron chi connectivity index (χ2n) is 4.66. The molecule has 1 aliphatic heterocycles. The lowest BCUT2D eigenvalue weighted by molar-refractivity contribution is 0.116. The summed E-state index contributed by atoms with van der Waals surface area (Å²) in [7, 11) is 2.04.